The van der Waals surface area contributed by atoms with Crippen LogP contribution in [0, 0.1) is 0 Å². The number of aliphatic hydroxyl groups is 3. The van der Waals surface area contributed by atoms with Crippen LogP contribution in [0.4, 0.5) is 5.82 Å². The first-order valence-electron chi connectivity index (χ1n) is 14.8. The number of aliphatic hydroxyl groups excluding tert-OH is 3. The van der Waals surface area contributed by atoms with Crippen LogP contribution in [0.3, 0.4) is 0 Å². The van der Waals surface area contributed by atoms with Crippen LogP contribution in [-0.4, -0.2) is 65.0 Å². The summed E-state index contributed by atoms with van der Waals surface area (Å²) in [5.74, 6) is -0.609. The molecule has 1 saturated heterocycles. The van der Waals surface area contributed by atoms with Crippen molar-refractivity contribution in [2.75, 3.05) is 5.73 Å². The van der Waals surface area contributed by atoms with E-state index in [-0.39, 0.29) is 22.5 Å². The molecule has 0 radical (unpaired) electrons. The Kier molecular flexibility index (Phi) is 7.42. The lowest BCUT2D eigenvalue weighted by molar-refractivity contribution is -0.137. The van der Waals surface area contributed by atoms with Gasteiger partial charge in [0, 0.05) is 5.56 Å². The van der Waals surface area contributed by atoms with Gasteiger partial charge in [0.25, 0.3) is 0 Å². The van der Waals surface area contributed by atoms with E-state index in [1.165, 1.54) is 17.2 Å². The van der Waals surface area contributed by atoms with Crippen molar-refractivity contribution in [2.24, 2.45) is 0 Å². The maximum atomic E-state index is 14.6. The first kappa shape index (κ1) is 29.5. The van der Waals surface area contributed by atoms with Gasteiger partial charge in [0.1, 0.15) is 42.6 Å². The summed E-state index contributed by atoms with van der Waals surface area (Å²) in [6, 6.07) is 36.5. The molecule has 0 aliphatic carbocycles. The van der Waals surface area contributed by atoms with Crippen LogP contribution >= 0.6 is 0 Å². The van der Waals surface area contributed by atoms with E-state index in [4.69, 9.17) is 10.5 Å². The number of fused-ring (bicyclic) bond motifs is 1. The van der Waals surface area contributed by atoms with Crippen LogP contribution in [-0.2, 0) is 15.9 Å². The second-order valence-electron chi connectivity index (χ2n) is 11.3. The lowest BCUT2D eigenvalue weighted by atomic mass is 9.64. The molecule has 4 aromatic carbocycles. The molecule has 0 amide bonds. The average molecular weight is 614 g/mol. The van der Waals surface area contributed by atoms with Gasteiger partial charge < -0.3 is 25.8 Å². The zero-order valence-electron chi connectivity index (χ0n) is 24.5. The molecule has 5 atom stereocenters. The second kappa shape index (κ2) is 11.6. The van der Waals surface area contributed by atoms with E-state index in [0.29, 0.717) is 16.7 Å². The Labute approximate surface area is 264 Å². The number of imidazole rings is 1. The molecule has 1 aliphatic rings. The van der Waals surface area contributed by atoms with E-state index >= 15 is 0 Å². The number of nitrogen functional groups attached to an aromatic ring is 1. The Hall–Kier alpha value is -5.26. The van der Waals surface area contributed by atoms with E-state index in [9.17, 15) is 20.1 Å². The lowest BCUT2D eigenvalue weighted by Crippen LogP contribution is -2.52. The number of nitrogens with zero attached hydrogens (tertiary/aromatic N) is 4. The van der Waals surface area contributed by atoms with Gasteiger partial charge in [-0.3, -0.25) is 9.36 Å². The predicted molar refractivity (Wildman–Crippen MR) is 171 cm³/mol. The smallest absolute Gasteiger partial charge is 0.241 e. The molecule has 1 unspecified atom stereocenters. The molecule has 10 heteroatoms. The zero-order valence-corrected chi connectivity index (χ0v) is 24.5. The third-order valence-corrected chi connectivity index (χ3v) is 8.90. The SMILES string of the molecule is Nc1ncnc2c1ncn2[C@]1(C(=O)c2ccccc2)O[C@H](C(O)C(c2ccccc2)(c2ccccc2)c2ccccc2)[C@@H](O)[C@H]1O. The molecule has 6 aromatic rings. The molecule has 0 spiro atoms. The number of nitrogens with two attached hydrogens (primary N) is 1. The Balaban J connectivity index is 1.47. The Morgan fingerprint density at radius 3 is 1.80 bits per heavy atom. The summed E-state index contributed by atoms with van der Waals surface area (Å²) in [6.07, 6.45) is -4.15. The number of hydrogen-bond acceptors (Lipinski definition) is 9. The van der Waals surface area contributed by atoms with Gasteiger partial charge in [0.05, 0.1) is 5.41 Å². The van der Waals surface area contributed by atoms with E-state index < -0.39 is 41.3 Å². The van der Waals surface area contributed by atoms with Gasteiger partial charge in [-0.2, -0.15) is 0 Å². The molecule has 0 saturated carbocycles. The number of ketones is 1. The normalized spacial score (nSPS) is 22.1. The molecule has 1 fully saturated rings. The number of Topliss-reactive ketones (excluding diaryl/α,β-unsaturated/α-hetero) is 1. The quantitative estimate of drug-likeness (QED) is 0.149. The van der Waals surface area contributed by atoms with Crippen molar-refractivity contribution >= 4 is 22.8 Å². The minimum atomic E-state index is -2.29. The first-order chi connectivity index (χ1) is 22.4. The summed E-state index contributed by atoms with van der Waals surface area (Å²) in [5, 5.41) is 36.7. The number of benzene rings is 4. The number of carbonyl (C=O) groups is 1. The summed E-state index contributed by atoms with van der Waals surface area (Å²) in [4.78, 5) is 27.2. The zero-order chi connectivity index (χ0) is 31.9. The summed E-state index contributed by atoms with van der Waals surface area (Å²) < 4.78 is 7.91. The summed E-state index contributed by atoms with van der Waals surface area (Å²) in [6.45, 7) is 0. The molecule has 10 nitrogen and oxygen atoms in total. The maximum Gasteiger partial charge on any atom is 0.241 e. The maximum absolute atomic E-state index is 14.6. The fourth-order valence-electron chi connectivity index (χ4n) is 6.76. The van der Waals surface area contributed by atoms with Crippen LogP contribution in [0.5, 0.6) is 0 Å². The molecule has 5 N–H and O–H groups in total. The highest BCUT2D eigenvalue weighted by molar-refractivity contribution is 6.02. The van der Waals surface area contributed by atoms with Crippen molar-refractivity contribution in [1.82, 2.24) is 19.5 Å². The highest BCUT2D eigenvalue weighted by atomic mass is 16.6. The molecule has 46 heavy (non-hydrogen) atoms. The Morgan fingerprint density at radius 1 is 0.783 bits per heavy atom. The van der Waals surface area contributed by atoms with Crippen molar-refractivity contribution in [3.63, 3.8) is 0 Å². The summed E-state index contributed by atoms with van der Waals surface area (Å²) in [7, 11) is 0. The van der Waals surface area contributed by atoms with E-state index in [1.807, 2.05) is 91.0 Å². The van der Waals surface area contributed by atoms with E-state index in [1.54, 1.807) is 30.3 Å². The number of rotatable bonds is 8. The molecular formula is C36H31N5O5. The molecule has 230 valence electrons. The largest absolute Gasteiger partial charge is 0.389 e. The van der Waals surface area contributed by atoms with Crippen LogP contribution in [0.2, 0.25) is 0 Å². The van der Waals surface area contributed by atoms with Gasteiger partial charge in [0.15, 0.2) is 11.5 Å². The van der Waals surface area contributed by atoms with Crippen LogP contribution in [0.1, 0.15) is 27.0 Å². The standard InChI is InChI=1S/C36H31N5O5/c37-33-27-34(39-21-38-33)41(22-40-27)36(30(43)23-13-5-1-6-14-23)31(44)28(42)29(46-36)32(45)35(24-15-7-2-8-16-24,25-17-9-3-10-18-25)26-19-11-4-12-20-26/h1-22,28-29,31-32,42,44-45H,(H2,37,38,39)/t28-,29+,31-,32?,36-/m1/s1. The number of anilines is 1. The number of hydrogen-bond donors (Lipinski definition) is 4. The Morgan fingerprint density at radius 2 is 1.28 bits per heavy atom. The van der Waals surface area contributed by atoms with Gasteiger partial charge in [0.2, 0.25) is 11.5 Å². The van der Waals surface area contributed by atoms with E-state index in [2.05, 4.69) is 15.0 Å². The van der Waals surface area contributed by atoms with Gasteiger partial charge >= 0.3 is 0 Å². The second-order valence-corrected chi connectivity index (χ2v) is 11.3. The molecule has 3 heterocycles. The molecule has 2 aromatic heterocycles. The van der Waals surface area contributed by atoms with E-state index in [0.717, 1.165) is 0 Å². The third kappa shape index (κ3) is 4.34. The van der Waals surface area contributed by atoms with Crippen LogP contribution in [0.15, 0.2) is 134 Å². The summed E-state index contributed by atoms with van der Waals surface area (Å²) in [5.41, 5.74) is 5.11. The molecular weight excluding hydrogens is 582 g/mol. The molecule has 7 rings (SSSR count). The minimum absolute atomic E-state index is 0.0620. The monoisotopic (exact) mass is 613 g/mol. The predicted octanol–water partition coefficient (Wildman–Crippen LogP) is 3.46. The van der Waals surface area contributed by atoms with Gasteiger partial charge in [-0.25, -0.2) is 15.0 Å². The minimum Gasteiger partial charge on any atom is -0.389 e. The molecule has 1 aliphatic heterocycles. The highest BCUT2D eigenvalue weighted by Gasteiger charge is 2.65. The van der Waals surface area contributed by atoms with Crippen molar-refractivity contribution in [1.29, 1.82) is 0 Å². The van der Waals surface area contributed by atoms with Crippen LogP contribution in [0.25, 0.3) is 11.2 Å². The fraction of sp³-hybridized carbons (Fsp3) is 0.167. The van der Waals surface area contributed by atoms with Gasteiger partial charge in [-0.1, -0.05) is 121 Å². The summed E-state index contributed by atoms with van der Waals surface area (Å²) >= 11 is 0. The van der Waals surface area contributed by atoms with Crippen molar-refractivity contribution in [3.8, 4) is 0 Å². The van der Waals surface area contributed by atoms with Crippen molar-refractivity contribution in [3.05, 3.63) is 156 Å². The number of ether oxygens (including phenoxy) is 1. The highest BCUT2D eigenvalue weighted by Crippen LogP contribution is 2.49. The molecule has 0 bridgehead atoms. The van der Waals surface area contributed by atoms with Gasteiger partial charge in [-0.05, 0) is 16.7 Å². The van der Waals surface area contributed by atoms with Crippen LogP contribution < -0.4 is 5.73 Å². The number of carbonyl (C=O) groups excluding carboxylic acids is 1. The average Bonchev–Trinajstić information content (AvgIpc) is 3.67. The van der Waals surface area contributed by atoms with Crippen molar-refractivity contribution < 1.29 is 24.9 Å². The first-order valence-corrected chi connectivity index (χ1v) is 14.8. The van der Waals surface area contributed by atoms with Gasteiger partial charge in [-0.15, -0.1) is 0 Å². The topological polar surface area (TPSA) is 157 Å². The third-order valence-electron chi connectivity index (χ3n) is 8.90. The Bertz CT molecular complexity index is 1880. The number of aromatic nitrogens is 4. The van der Waals surface area contributed by atoms with Crippen molar-refractivity contribution in [2.45, 2.75) is 35.6 Å². The fourth-order valence-corrected chi connectivity index (χ4v) is 6.76. The lowest BCUT2D eigenvalue weighted by Gasteiger charge is -2.43.